The van der Waals surface area contributed by atoms with E-state index in [-0.39, 0.29) is 11.3 Å². The van der Waals surface area contributed by atoms with Gasteiger partial charge in [0.1, 0.15) is 5.75 Å². The van der Waals surface area contributed by atoms with E-state index in [9.17, 15) is 9.90 Å². The maximum absolute atomic E-state index is 12.1. The minimum Gasteiger partial charge on any atom is -0.507 e. The molecule has 0 fully saturated rings. The normalized spacial score (nSPS) is 14.6. The number of H-pyrrole nitrogens is 1. The quantitative estimate of drug-likeness (QED) is 0.423. The monoisotopic (exact) mass is 434 g/mol. The first-order chi connectivity index (χ1) is 16.2. The summed E-state index contributed by atoms with van der Waals surface area (Å²) in [5, 5.41) is 11.4. The summed E-state index contributed by atoms with van der Waals surface area (Å²) in [5.74, 6) is 0.114. The highest BCUT2D eigenvalue weighted by atomic mass is 16.3. The Hall–Kier alpha value is -3.89. The van der Waals surface area contributed by atoms with E-state index in [1.54, 1.807) is 24.4 Å². The van der Waals surface area contributed by atoms with Crippen LogP contribution in [0.2, 0.25) is 0 Å². The molecule has 2 N–H and O–H groups in total. The highest BCUT2D eigenvalue weighted by Crippen LogP contribution is 2.32. The summed E-state index contributed by atoms with van der Waals surface area (Å²) in [6.07, 6.45) is 9.43. The van der Waals surface area contributed by atoms with Crippen LogP contribution in [0.25, 0.3) is 33.5 Å². The first kappa shape index (κ1) is 21.0. The van der Waals surface area contributed by atoms with Crippen molar-refractivity contribution in [2.45, 2.75) is 6.42 Å². The van der Waals surface area contributed by atoms with Crippen LogP contribution in [-0.4, -0.2) is 34.6 Å². The zero-order valence-electron chi connectivity index (χ0n) is 18.4. The average molecular weight is 435 g/mol. The second-order valence-corrected chi connectivity index (χ2v) is 8.36. The number of pyridine rings is 1. The van der Waals surface area contributed by atoms with Gasteiger partial charge in [0.2, 0.25) is 0 Å². The number of aromatic amines is 1. The number of rotatable bonds is 5. The van der Waals surface area contributed by atoms with Crippen molar-refractivity contribution in [3.8, 4) is 16.9 Å². The topological polar surface area (TPSA) is 56.3 Å². The van der Waals surface area contributed by atoms with E-state index in [0.717, 1.165) is 42.7 Å². The van der Waals surface area contributed by atoms with Crippen LogP contribution in [0.4, 0.5) is 0 Å². The second kappa shape index (κ2) is 9.31. The predicted octanol–water partition coefficient (Wildman–Crippen LogP) is 5.70. The van der Waals surface area contributed by atoms with Crippen molar-refractivity contribution in [3.05, 3.63) is 113 Å². The minimum atomic E-state index is -0.201. The summed E-state index contributed by atoms with van der Waals surface area (Å²) in [7, 11) is 0. The Kier molecular flexibility index (Phi) is 5.92. The summed E-state index contributed by atoms with van der Waals surface area (Å²) >= 11 is 0. The number of phenolic OH excluding ortho intramolecular Hbond substituents is 1. The Labute approximate surface area is 193 Å². The third-order valence-corrected chi connectivity index (χ3v) is 6.24. The maximum Gasteiger partial charge on any atom is 0.255 e. The SMILES string of the molecule is O=c1[nH]cc(-c2ccc(/C=C/CN3CC=C(c4ccccc4)CC3)cc2)c2c(O)cccc12. The molecule has 164 valence electrons. The molecule has 0 amide bonds. The Morgan fingerprint density at radius 2 is 1.76 bits per heavy atom. The third-order valence-electron chi connectivity index (χ3n) is 6.24. The van der Waals surface area contributed by atoms with Gasteiger partial charge in [0.05, 0.1) is 5.39 Å². The first-order valence-electron chi connectivity index (χ1n) is 11.3. The Morgan fingerprint density at radius 3 is 2.52 bits per heavy atom. The van der Waals surface area contributed by atoms with Crippen LogP contribution in [0.3, 0.4) is 0 Å². The van der Waals surface area contributed by atoms with Crippen LogP contribution < -0.4 is 5.56 Å². The van der Waals surface area contributed by atoms with E-state index < -0.39 is 0 Å². The first-order valence-corrected chi connectivity index (χ1v) is 11.3. The molecule has 3 aromatic carbocycles. The van der Waals surface area contributed by atoms with Crippen LogP contribution in [0.5, 0.6) is 5.75 Å². The van der Waals surface area contributed by atoms with Gasteiger partial charge in [0.15, 0.2) is 0 Å². The molecule has 1 aliphatic rings. The lowest BCUT2D eigenvalue weighted by atomic mass is 9.99. The number of nitrogens with one attached hydrogen (secondary N) is 1. The summed E-state index contributed by atoms with van der Waals surface area (Å²) in [6, 6.07) is 23.8. The fourth-order valence-electron chi connectivity index (χ4n) is 4.43. The van der Waals surface area contributed by atoms with Gasteiger partial charge in [0, 0.05) is 36.8 Å². The van der Waals surface area contributed by atoms with Crippen molar-refractivity contribution in [3.63, 3.8) is 0 Å². The van der Waals surface area contributed by atoms with E-state index in [1.807, 2.05) is 12.1 Å². The van der Waals surface area contributed by atoms with E-state index >= 15 is 0 Å². The molecule has 4 aromatic rings. The van der Waals surface area contributed by atoms with E-state index in [2.05, 4.69) is 70.6 Å². The minimum absolute atomic E-state index is 0.114. The fraction of sp³-hybridized carbons (Fsp3) is 0.138. The van der Waals surface area contributed by atoms with Gasteiger partial charge in [-0.05, 0) is 40.8 Å². The predicted molar refractivity (Wildman–Crippen MR) is 136 cm³/mol. The number of benzene rings is 3. The molecular weight excluding hydrogens is 408 g/mol. The number of hydrogen-bond acceptors (Lipinski definition) is 3. The van der Waals surface area contributed by atoms with Crippen LogP contribution in [0, 0.1) is 0 Å². The lowest BCUT2D eigenvalue weighted by molar-refractivity contribution is 0.335. The van der Waals surface area contributed by atoms with Crippen molar-refractivity contribution in [2.24, 2.45) is 0 Å². The Morgan fingerprint density at radius 1 is 0.939 bits per heavy atom. The second-order valence-electron chi connectivity index (χ2n) is 8.36. The lowest BCUT2D eigenvalue weighted by Crippen LogP contribution is -2.28. The molecule has 4 heteroatoms. The fourth-order valence-corrected chi connectivity index (χ4v) is 4.43. The van der Waals surface area contributed by atoms with Crippen molar-refractivity contribution in [1.82, 2.24) is 9.88 Å². The van der Waals surface area contributed by atoms with E-state index in [4.69, 9.17) is 0 Å². The van der Waals surface area contributed by atoms with Crippen LogP contribution in [0.1, 0.15) is 17.5 Å². The molecule has 4 nitrogen and oxygen atoms in total. The summed E-state index contributed by atoms with van der Waals surface area (Å²) < 4.78 is 0. The van der Waals surface area contributed by atoms with Crippen molar-refractivity contribution < 1.29 is 5.11 Å². The Balaban J connectivity index is 1.26. The van der Waals surface area contributed by atoms with E-state index in [1.165, 1.54) is 11.1 Å². The van der Waals surface area contributed by atoms with Crippen LogP contribution >= 0.6 is 0 Å². The summed E-state index contributed by atoms with van der Waals surface area (Å²) in [4.78, 5) is 17.3. The molecule has 0 atom stereocenters. The third kappa shape index (κ3) is 4.52. The van der Waals surface area contributed by atoms with Gasteiger partial charge >= 0.3 is 0 Å². The molecular formula is C29H26N2O2. The number of aromatic hydroxyl groups is 1. The highest BCUT2D eigenvalue weighted by molar-refractivity contribution is 5.99. The molecule has 33 heavy (non-hydrogen) atoms. The van der Waals surface area contributed by atoms with Gasteiger partial charge in [-0.3, -0.25) is 9.69 Å². The van der Waals surface area contributed by atoms with Crippen LogP contribution in [0.15, 0.2) is 95.9 Å². The molecule has 0 aliphatic carbocycles. The number of hydrogen-bond donors (Lipinski definition) is 2. The maximum atomic E-state index is 12.1. The number of fused-ring (bicyclic) bond motifs is 1. The molecule has 1 aromatic heterocycles. The molecule has 0 bridgehead atoms. The standard InChI is InChI=1S/C29H26N2O2/c32-27-10-4-9-25-28(27)26(20-30-29(25)33)24-13-11-21(12-14-24)6-5-17-31-18-15-23(16-19-31)22-7-2-1-3-8-22/h1-15,20,32H,16-19H2,(H,30,33)/b6-5+. The summed E-state index contributed by atoms with van der Waals surface area (Å²) in [6.45, 7) is 2.95. The molecule has 0 radical (unpaired) electrons. The molecule has 0 spiro atoms. The zero-order valence-corrected chi connectivity index (χ0v) is 18.4. The van der Waals surface area contributed by atoms with Crippen molar-refractivity contribution in [2.75, 3.05) is 19.6 Å². The number of phenols is 1. The lowest BCUT2D eigenvalue weighted by Gasteiger charge is -2.25. The van der Waals surface area contributed by atoms with Gasteiger partial charge in [-0.25, -0.2) is 0 Å². The highest BCUT2D eigenvalue weighted by Gasteiger charge is 2.12. The summed E-state index contributed by atoms with van der Waals surface area (Å²) in [5.41, 5.74) is 5.45. The van der Waals surface area contributed by atoms with Gasteiger partial charge < -0.3 is 10.1 Å². The van der Waals surface area contributed by atoms with Gasteiger partial charge in [-0.2, -0.15) is 0 Å². The molecule has 0 saturated heterocycles. The molecule has 2 heterocycles. The van der Waals surface area contributed by atoms with E-state index in [0.29, 0.717) is 10.8 Å². The zero-order chi connectivity index (χ0) is 22.6. The largest absolute Gasteiger partial charge is 0.507 e. The molecule has 0 unspecified atom stereocenters. The number of aromatic nitrogens is 1. The van der Waals surface area contributed by atoms with Gasteiger partial charge in [-0.1, -0.05) is 78.9 Å². The molecule has 1 aliphatic heterocycles. The smallest absolute Gasteiger partial charge is 0.255 e. The van der Waals surface area contributed by atoms with Gasteiger partial charge in [-0.15, -0.1) is 0 Å². The molecule has 5 rings (SSSR count). The van der Waals surface area contributed by atoms with Crippen molar-refractivity contribution >= 4 is 22.4 Å². The van der Waals surface area contributed by atoms with Crippen LogP contribution in [-0.2, 0) is 0 Å². The van der Waals surface area contributed by atoms with Gasteiger partial charge in [0.25, 0.3) is 5.56 Å². The van der Waals surface area contributed by atoms with Crippen molar-refractivity contribution in [1.29, 1.82) is 0 Å². The molecule has 0 saturated carbocycles. The number of nitrogens with zero attached hydrogens (tertiary/aromatic N) is 1. The Bertz CT molecular complexity index is 1380. The average Bonchev–Trinajstić information content (AvgIpc) is 2.86.